The summed E-state index contributed by atoms with van der Waals surface area (Å²) in [6, 6.07) is 7.74. The molecule has 0 saturated carbocycles. The maximum atomic E-state index is 9.81. The van der Waals surface area contributed by atoms with E-state index in [1.54, 1.807) is 0 Å². The monoisotopic (exact) mass is 268 g/mol. The molecule has 1 atom stereocenters. The molecule has 0 aliphatic heterocycles. The highest BCUT2D eigenvalue weighted by atomic mass is 79.9. The van der Waals surface area contributed by atoms with Crippen LogP contribution in [0.15, 0.2) is 40.9 Å². The molecule has 82 valence electrons. The number of halogens is 1. The molecule has 0 spiro atoms. The summed E-state index contributed by atoms with van der Waals surface area (Å²) in [5.74, 6) is 0. The molecule has 15 heavy (non-hydrogen) atoms. The van der Waals surface area contributed by atoms with Crippen molar-refractivity contribution in [3.05, 3.63) is 46.5 Å². The molecule has 0 radical (unpaired) electrons. The van der Waals surface area contributed by atoms with E-state index in [4.69, 9.17) is 0 Å². The average molecular weight is 269 g/mol. The number of allylic oxidation sites excluding steroid dienone is 1. The van der Waals surface area contributed by atoms with E-state index in [2.05, 4.69) is 28.9 Å². The van der Waals surface area contributed by atoms with Crippen LogP contribution in [0.4, 0.5) is 0 Å². The van der Waals surface area contributed by atoms with Gasteiger partial charge in [0.25, 0.3) is 0 Å². The minimum Gasteiger partial charge on any atom is -0.384 e. The Morgan fingerprint density at radius 2 is 2.00 bits per heavy atom. The van der Waals surface area contributed by atoms with Gasteiger partial charge in [0.05, 0.1) is 6.10 Å². The highest BCUT2D eigenvalue weighted by molar-refractivity contribution is 9.10. The van der Waals surface area contributed by atoms with Crippen LogP contribution in [0.25, 0.3) is 0 Å². The van der Waals surface area contributed by atoms with Crippen LogP contribution >= 0.6 is 15.9 Å². The molecule has 0 aromatic heterocycles. The van der Waals surface area contributed by atoms with Crippen LogP contribution in [-0.4, -0.2) is 5.11 Å². The first-order chi connectivity index (χ1) is 7.24. The lowest BCUT2D eigenvalue weighted by Gasteiger charge is -2.05. The molecule has 1 aromatic carbocycles. The van der Waals surface area contributed by atoms with Crippen molar-refractivity contribution in [2.75, 3.05) is 0 Å². The Bertz CT molecular complexity index is 303. The first kappa shape index (κ1) is 12.5. The molecule has 0 fully saturated rings. The minimum absolute atomic E-state index is 0.477. The molecule has 0 heterocycles. The van der Waals surface area contributed by atoms with Crippen LogP contribution in [-0.2, 0) is 0 Å². The Hall–Kier alpha value is -0.600. The van der Waals surface area contributed by atoms with Crippen molar-refractivity contribution in [3.8, 4) is 0 Å². The molecule has 0 saturated heterocycles. The Labute approximate surface area is 100.0 Å². The quantitative estimate of drug-likeness (QED) is 0.626. The summed E-state index contributed by atoms with van der Waals surface area (Å²) in [4.78, 5) is 0. The van der Waals surface area contributed by atoms with Crippen molar-refractivity contribution >= 4 is 15.9 Å². The van der Waals surface area contributed by atoms with Crippen molar-refractivity contribution in [2.24, 2.45) is 0 Å². The highest BCUT2D eigenvalue weighted by Gasteiger charge is 2.01. The summed E-state index contributed by atoms with van der Waals surface area (Å²) in [7, 11) is 0. The highest BCUT2D eigenvalue weighted by Crippen LogP contribution is 2.17. The predicted octanol–water partition coefficient (Wildman–Crippen LogP) is 4.23. The Kier molecular flexibility index (Phi) is 5.66. The molecule has 2 heteroatoms. The number of benzene rings is 1. The molecular weight excluding hydrogens is 252 g/mol. The van der Waals surface area contributed by atoms with Gasteiger partial charge in [0.2, 0.25) is 0 Å². The van der Waals surface area contributed by atoms with Gasteiger partial charge in [0.1, 0.15) is 0 Å². The van der Waals surface area contributed by atoms with E-state index in [1.165, 1.54) is 12.8 Å². The van der Waals surface area contributed by atoms with Crippen molar-refractivity contribution < 1.29 is 5.11 Å². The Balaban J connectivity index is 2.49. The number of hydrogen-bond donors (Lipinski definition) is 1. The molecule has 1 rings (SSSR count). The van der Waals surface area contributed by atoms with Crippen LogP contribution in [0, 0.1) is 0 Å². The lowest BCUT2D eigenvalue weighted by Crippen LogP contribution is -1.92. The van der Waals surface area contributed by atoms with E-state index in [0.717, 1.165) is 16.5 Å². The third kappa shape index (κ3) is 4.63. The minimum atomic E-state index is -0.477. The number of rotatable bonds is 5. The van der Waals surface area contributed by atoms with Gasteiger partial charge in [0.15, 0.2) is 0 Å². The fourth-order valence-electron chi connectivity index (χ4n) is 1.32. The molecule has 1 aromatic rings. The van der Waals surface area contributed by atoms with Crippen LogP contribution in [0.5, 0.6) is 0 Å². The Morgan fingerprint density at radius 3 is 2.60 bits per heavy atom. The third-order valence-corrected chi connectivity index (χ3v) is 2.78. The summed E-state index contributed by atoms with van der Waals surface area (Å²) >= 11 is 3.37. The van der Waals surface area contributed by atoms with E-state index < -0.39 is 6.10 Å². The number of aliphatic hydroxyl groups is 1. The third-order valence-electron chi connectivity index (χ3n) is 2.25. The standard InChI is InChI=1S/C13H17BrO/c1-2-3-4-5-6-13(15)11-7-9-12(14)10-8-11/h5-10,13,15H,2-4H2,1H3/b6-5+/t13-/m1/s1. The maximum absolute atomic E-state index is 9.81. The smallest absolute Gasteiger partial charge is 0.0971 e. The summed E-state index contributed by atoms with van der Waals surface area (Å²) < 4.78 is 1.04. The van der Waals surface area contributed by atoms with Gasteiger partial charge in [-0.25, -0.2) is 0 Å². The normalized spacial score (nSPS) is 13.3. The fourth-order valence-corrected chi connectivity index (χ4v) is 1.58. The second-order valence-corrected chi connectivity index (χ2v) is 4.48. The number of aliphatic hydroxyl groups excluding tert-OH is 1. The maximum Gasteiger partial charge on any atom is 0.0971 e. The van der Waals surface area contributed by atoms with E-state index in [-0.39, 0.29) is 0 Å². The van der Waals surface area contributed by atoms with Gasteiger partial charge in [-0.15, -0.1) is 0 Å². The predicted molar refractivity (Wildman–Crippen MR) is 67.8 cm³/mol. The van der Waals surface area contributed by atoms with Gasteiger partial charge in [0, 0.05) is 4.47 Å². The summed E-state index contributed by atoms with van der Waals surface area (Å²) in [5.41, 5.74) is 0.936. The van der Waals surface area contributed by atoms with Crippen LogP contribution in [0.2, 0.25) is 0 Å². The van der Waals surface area contributed by atoms with Crippen LogP contribution in [0.3, 0.4) is 0 Å². The number of unbranched alkanes of at least 4 members (excludes halogenated alkanes) is 2. The molecule has 0 aliphatic rings. The first-order valence-corrected chi connectivity index (χ1v) is 6.13. The zero-order chi connectivity index (χ0) is 11.1. The van der Waals surface area contributed by atoms with E-state index in [9.17, 15) is 5.11 Å². The molecule has 1 N–H and O–H groups in total. The number of hydrogen-bond acceptors (Lipinski definition) is 1. The van der Waals surface area contributed by atoms with E-state index in [1.807, 2.05) is 30.3 Å². The van der Waals surface area contributed by atoms with Gasteiger partial charge >= 0.3 is 0 Å². The lowest BCUT2D eigenvalue weighted by molar-refractivity contribution is 0.228. The second kappa shape index (κ2) is 6.81. The topological polar surface area (TPSA) is 20.2 Å². The molecule has 0 unspecified atom stereocenters. The molecule has 0 aliphatic carbocycles. The fraction of sp³-hybridized carbons (Fsp3) is 0.385. The second-order valence-electron chi connectivity index (χ2n) is 3.57. The zero-order valence-electron chi connectivity index (χ0n) is 8.99. The van der Waals surface area contributed by atoms with Crippen molar-refractivity contribution in [3.63, 3.8) is 0 Å². The van der Waals surface area contributed by atoms with Crippen molar-refractivity contribution in [2.45, 2.75) is 32.3 Å². The van der Waals surface area contributed by atoms with Gasteiger partial charge in [-0.2, -0.15) is 0 Å². The van der Waals surface area contributed by atoms with Gasteiger partial charge in [-0.1, -0.05) is 60.0 Å². The molecule has 0 bridgehead atoms. The van der Waals surface area contributed by atoms with Gasteiger partial charge in [-0.3, -0.25) is 0 Å². The largest absolute Gasteiger partial charge is 0.384 e. The zero-order valence-corrected chi connectivity index (χ0v) is 10.6. The van der Waals surface area contributed by atoms with Gasteiger partial charge < -0.3 is 5.11 Å². The van der Waals surface area contributed by atoms with Crippen LogP contribution < -0.4 is 0 Å². The molecular formula is C13H17BrO. The molecule has 0 amide bonds. The lowest BCUT2D eigenvalue weighted by atomic mass is 10.1. The summed E-state index contributed by atoms with van der Waals surface area (Å²) in [6.45, 7) is 2.17. The van der Waals surface area contributed by atoms with Crippen molar-refractivity contribution in [1.82, 2.24) is 0 Å². The SMILES string of the molecule is CCCC/C=C/[C@@H](O)c1ccc(Br)cc1. The summed E-state index contributed by atoms with van der Waals surface area (Å²) in [6.07, 6.45) is 6.86. The van der Waals surface area contributed by atoms with E-state index in [0.29, 0.717) is 0 Å². The van der Waals surface area contributed by atoms with Gasteiger partial charge in [-0.05, 0) is 24.1 Å². The Morgan fingerprint density at radius 1 is 1.33 bits per heavy atom. The molecule has 1 nitrogen and oxygen atoms in total. The van der Waals surface area contributed by atoms with Crippen molar-refractivity contribution in [1.29, 1.82) is 0 Å². The van der Waals surface area contributed by atoms with E-state index >= 15 is 0 Å². The first-order valence-electron chi connectivity index (χ1n) is 5.34. The average Bonchev–Trinajstić information content (AvgIpc) is 2.25. The van der Waals surface area contributed by atoms with Crippen LogP contribution in [0.1, 0.15) is 37.9 Å². The summed E-state index contributed by atoms with van der Waals surface area (Å²) in [5, 5.41) is 9.81.